The Labute approximate surface area is 95.1 Å². The van der Waals surface area contributed by atoms with Gasteiger partial charge in [0.2, 0.25) is 5.91 Å². The van der Waals surface area contributed by atoms with E-state index < -0.39 is 5.97 Å². The zero-order valence-electron chi connectivity index (χ0n) is 9.39. The van der Waals surface area contributed by atoms with Gasteiger partial charge in [-0.15, -0.1) is 0 Å². The molecule has 92 valence electrons. The summed E-state index contributed by atoms with van der Waals surface area (Å²) in [4.78, 5) is 23.6. The molecule has 5 nitrogen and oxygen atoms in total. The molecule has 2 N–H and O–H groups in total. The monoisotopic (exact) mass is 229 g/mol. The van der Waals surface area contributed by atoms with Crippen molar-refractivity contribution >= 4 is 11.9 Å². The van der Waals surface area contributed by atoms with E-state index in [0.29, 0.717) is 19.0 Å². The van der Waals surface area contributed by atoms with E-state index in [1.807, 2.05) is 0 Å². The zero-order valence-corrected chi connectivity index (χ0v) is 9.39. The van der Waals surface area contributed by atoms with Gasteiger partial charge in [0.05, 0.1) is 6.42 Å². The van der Waals surface area contributed by atoms with Crippen LogP contribution in [0.2, 0.25) is 0 Å². The number of hydrogen-bond donors (Lipinski definition) is 2. The summed E-state index contributed by atoms with van der Waals surface area (Å²) in [7, 11) is 0. The fraction of sp³-hybridized carbons (Fsp3) is 0.818. The van der Waals surface area contributed by atoms with Crippen LogP contribution in [0, 0.1) is 5.92 Å². The first-order valence-corrected chi connectivity index (χ1v) is 5.74. The van der Waals surface area contributed by atoms with Crippen molar-refractivity contribution in [1.82, 2.24) is 4.90 Å². The van der Waals surface area contributed by atoms with Crippen molar-refractivity contribution in [2.45, 2.75) is 32.1 Å². The Hall–Kier alpha value is -1.10. The summed E-state index contributed by atoms with van der Waals surface area (Å²) in [5.41, 5.74) is 0. The Morgan fingerprint density at radius 1 is 1.19 bits per heavy atom. The molecule has 1 aliphatic rings. The van der Waals surface area contributed by atoms with Crippen LogP contribution in [0.5, 0.6) is 0 Å². The number of nitrogens with zero attached hydrogens (tertiary/aromatic N) is 1. The van der Waals surface area contributed by atoms with Crippen LogP contribution in [0.25, 0.3) is 0 Å². The highest BCUT2D eigenvalue weighted by atomic mass is 16.4. The molecular formula is C11H19NO4. The quantitative estimate of drug-likeness (QED) is 0.718. The lowest BCUT2D eigenvalue weighted by atomic mass is 9.94. The van der Waals surface area contributed by atoms with E-state index in [2.05, 4.69) is 0 Å². The van der Waals surface area contributed by atoms with Crippen molar-refractivity contribution in [1.29, 1.82) is 0 Å². The highest BCUT2D eigenvalue weighted by molar-refractivity contribution is 5.80. The van der Waals surface area contributed by atoms with Crippen molar-refractivity contribution in [2.75, 3.05) is 19.7 Å². The van der Waals surface area contributed by atoms with Gasteiger partial charge in [-0.25, -0.2) is 0 Å². The average molecular weight is 229 g/mol. The molecule has 0 atom stereocenters. The number of carboxylic acids is 1. The molecule has 0 aliphatic carbocycles. The van der Waals surface area contributed by atoms with E-state index in [-0.39, 0.29) is 25.4 Å². The van der Waals surface area contributed by atoms with E-state index in [9.17, 15) is 9.59 Å². The highest BCUT2D eigenvalue weighted by Gasteiger charge is 2.22. The summed E-state index contributed by atoms with van der Waals surface area (Å²) in [6.45, 7) is 1.60. The Kier molecular flexibility index (Phi) is 5.25. The number of aliphatic hydroxyl groups is 1. The van der Waals surface area contributed by atoms with Crippen LogP contribution in [0.4, 0.5) is 0 Å². The molecule has 0 aromatic rings. The number of amides is 1. The summed E-state index contributed by atoms with van der Waals surface area (Å²) >= 11 is 0. The minimum atomic E-state index is -0.927. The summed E-state index contributed by atoms with van der Waals surface area (Å²) in [5.74, 6) is -0.484. The predicted molar refractivity (Wildman–Crippen MR) is 57.9 cm³/mol. The molecule has 1 amide bonds. The maximum atomic E-state index is 11.6. The second-order valence-electron chi connectivity index (χ2n) is 4.23. The fourth-order valence-corrected chi connectivity index (χ4v) is 2.03. The van der Waals surface area contributed by atoms with Gasteiger partial charge < -0.3 is 15.1 Å². The van der Waals surface area contributed by atoms with Gasteiger partial charge in [0.25, 0.3) is 0 Å². The molecule has 16 heavy (non-hydrogen) atoms. The number of piperidine rings is 1. The van der Waals surface area contributed by atoms with Crippen molar-refractivity contribution in [3.05, 3.63) is 0 Å². The summed E-state index contributed by atoms with van der Waals surface area (Å²) < 4.78 is 0. The number of aliphatic hydroxyl groups excluding tert-OH is 1. The zero-order chi connectivity index (χ0) is 12.0. The molecule has 1 fully saturated rings. The van der Waals surface area contributed by atoms with Crippen molar-refractivity contribution in [2.24, 2.45) is 5.92 Å². The van der Waals surface area contributed by atoms with Gasteiger partial charge in [-0.05, 0) is 25.2 Å². The lowest BCUT2D eigenvalue weighted by Gasteiger charge is -2.31. The predicted octanol–water partition coefficient (Wildman–Crippen LogP) is 0.472. The second kappa shape index (κ2) is 6.48. The minimum absolute atomic E-state index is 0.0650. The molecular weight excluding hydrogens is 210 g/mol. The van der Waals surface area contributed by atoms with Crippen LogP contribution in [0.3, 0.4) is 0 Å². The first-order chi connectivity index (χ1) is 7.63. The molecule has 0 spiro atoms. The van der Waals surface area contributed by atoms with E-state index in [0.717, 1.165) is 19.3 Å². The van der Waals surface area contributed by atoms with Crippen LogP contribution in [0.15, 0.2) is 0 Å². The third-order valence-corrected chi connectivity index (χ3v) is 3.06. The molecule has 0 unspecified atom stereocenters. The summed E-state index contributed by atoms with van der Waals surface area (Å²) in [6, 6.07) is 0. The molecule has 0 aromatic heterocycles. The first kappa shape index (κ1) is 13.0. The lowest BCUT2D eigenvalue weighted by molar-refractivity contribution is -0.141. The second-order valence-corrected chi connectivity index (χ2v) is 4.23. The van der Waals surface area contributed by atoms with E-state index in [4.69, 9.17) is 10.2 Å². The number of hydrogen-bond acceptors (Lipinski definition) is 3. The van der Waals surface area contributed by atoms with Crippen LogP contribution in [-0.2, 0) is 9.59 Å². The molecule has 0 radical (unpaired) electrons. The highest BCUT2D eigenvalue weighted by Crippen LogP contribution is 2.20. The molecule has 1 heterocycles. The van der Waals surface area contributed by atoms with E-state index in [1.165, 1.54) is 0 Å². The van der Waals surface area contributed by atoms with Crippen molar-refractivity contribution in [3.63, 3.8) is 0 Å². The third-order valence-electron chi connectivity index (χ3n) is 3.06. The topological polar surface area (TPSA) is 77.8 Å². The Bertz CT molecular complexity index is 246. The number of rotatable bonds is 5. The number of carboxylic acid groups (broad SMARTS) is 1. The average Bonchev–Trinajstić information content (AvgIpc) is 2.27. The molecule has 1 saturated heterocycles. The minimum Gasteiger partial charge on any atom is -0.481 e. The molecule has 0 bridgehead atoms. The normalized spacial score (nSPS) is 17.4. The Morgan fingerprint density at radius 3 is 2.31 bits per heavy atom. The maximum absolute atomic E-state index is 11.6. The van der Waals surface area contributed by atoms with Crippen LogP contribution < -0.4 is 0 Å². The number of carbonyl (C=O) groups excluding carboxylic acids is 1. The SMILES string of the molecule is O=C(O)CCC(=O)N1CCC(CCO)CC1. The third kappa shape index (κ3) is 4.18. The smallest absolute Gasteiger partial charge is 0.303 e. The van der Waals surface area contributed by atoms with Crippen molar-refractivity contribution in [3.8, 4) is 0 Å². The maximum Gasteiger partial charge on any atom is 0.303 e. The van der Waals surface area contributed by atoms with Crippen LogP contribution in [-0.4, -0.2) is 46.7 Å². The molecule has 1 rings (SSSR count). The van der Waals surface area contributed by atoms with Gasteiger partial charge in [0.15, 0.2) is 0 Å². The van der Waals surface area contributed by atoms with Crippen LogP contribution >= 0.6 is 0 Å². The largest absolute Gasteiger partial charge is 0.481 e. The Morgan fingerprint density at radius 2 is 1.81 bits per heavy atom. The molecule has 1 aliphatic heterocycles. The number of likely N-dealkylation sites (tertiary alicyclic amines) is 1. The van der Waals surface area contributed by atoms with Gasteiger partial charge in [-0.2, -0.15) is 0 Å². The summed E-state index contributed by atoms with van der Waals surface area (Å²) in [6.07, 6.45) is 2.64. The molecule has 0 saturated carbocycles. The fourth-order valence-electron chi connectivity index (χ4n) is 2.03. The van der Waals surface area contributed by atoms with Crippen LogP contribution in [0.1, 0.15) is 32.1 Å². The van der Waals surface area contributed by atoms with E-state index >= 15 is 0 Å². The standard InChI is InChI=1S/C11H19NO4/c13-8-5-9-3-6-12(7-4-9)10(14)1-2-11(15)16/h9,13H,1-8H2,(H,15,16). The van der Waals surface area contributed by atoms with E-state index in [1.54, 1.807) is 4.90 Å². The van der Waals surface area contributed by atoms with Gasteiger partial charge in [0.1, 0.15) is 0 Å². The Balaban J connectivity index is 2.24. The first-order valence-electron chi connectivity index (χ1n) is 5.74. The number of aliphatic carboxylic acids is 1. The van der Waals surface area contributed by atoms with Crippen molar-refractivity contribution < 1.29 is 19.8 Å². The summed E-state index contributed by atoms with van der Waals surface area (Å²) in [5, 5.41) is 17.3. The molecule has 0 aromatic carbocycles. The van der Waals surface area contributed by atoms with Gasteiger partial charge in [0, 0.05) is 26.1 Å². The van der Waals surface area contributed by atoms with Gasteiger partial charge >= 0.3 is 5.97 Å². The lowest BCUT2D eigenvalue weighted by Crippen LogP contribution is -2.38. The van der Waals surface area contributed by atoms with Gasteiger partial charge in [-0.3, -0.25) is 9.59 Å². The van der Waals surface area contributed by atoms with Gasteiger partial charge in [-0.1, -0.05) is 0 Å². The number of carbonyl (C=O) groups is 2. The molecule has 5 heteroatoms.